The molecule has 31 heavy (non-hydrogen) atoms. The molecule has 1 saturated heterocycles. The summed E-state index contributed by atoms with van der Waals surface area (Å²) in [6.45, 7) is 4.33. The molecule has 1 fully saturated rings. The van der Waals surface area contributed by atoms with E-state index < -0.39 is 0 Å². The first kappa shape index (κ1) is 21.3. The van der Waals surface area contributed by atoms with Crippen LogP contribution >= 0.6 is 0 Å². The molecule has 5 nitrogen and oxygen atoms in total. The predicted molar refractivity (Wildman–Crippen MR) is 122 cm³/mol. The van der Waals surface area contributed by atoms with E-state index in [1.54, 1.807) is 7.11 Å². The number of methoxy groups -OCH3 is 1. The lowest BCUT2D eigenvalue weighted by molar-refractivity contribution is 0.0663. The zero-order valence-corrected chi connectivity index (χ0v) is 18.2. The molecule has 2 heterocycles. The van der Waals surface area contributed by atoms with E-state index in [2.05, 4.69) is 53.6 Å². The summed E-state index contributed by atoms with van der Waals surface area (Å²) >= 11 is 0. The molecule has 0 amide bonds. The lowest BCUT2D eigenvalue weighted by Crippen LogP contribution is -2.18. The summed E-state index contributed by atoms with van der Waals surface area (Å²) in [6.07, 6.45) is 4.19. The van der Waals surface area contributed by atoms with E-state index in [0.29, 0.717) is 12.5 Å². The van der Waals surface area contributed by atoms with Crippen LogP contribution in [0.1, 0.15) is 36.9 Å². The molecule has 162 valence electrons. The molecule has 0 bridgehead atoms. The highest BCUT2D eigenvalue weighted by atomic mass is 16.5. The minimum atomic E-state index is 0.184. The zero-order chi connectivity index (χ0) is 21.5. The Hall–Kier alpha value is -2.89. The van der Waals surface area contributed by atoms with Gasteiger partial charge in [0.05, 0.1) is 13.2 Å². The Balaban J connectivity index is 1.43. The maximum atomic E-state index is 5.79. The Bertz CT molecular complexity index is 954. The average molecular weight is 419 g/mol. The number of nitrogens with zero attached hydrogens (tertiary/aromatic N) is 1. The van der Waals surface area contributed by atoms with E-state index in [-0.39, 0.29) is 12.1 Å². The molecule has 1 N–H and O–H groups in total. The van der Waals surface area contributed by atoms with E-state index in [4.69, 9.17) is 14.2 Å². The first-order chi connectivity index (χ1) is 15.2. The van der Waals surface area contributed by atoms with E-state index >= 15 is 0 Å². The average Bonchev–Trinajstić information content (AvgIpc) is 3.36. The Kier molecular flexibility index (Phi) is 7.18. The van der Waals surface area contributed by atoms with Crippen molar-refractivity contribution >= 4 is 0 Å². The standard InChI is InChI=1S/C26H30N2O3/c1-19(21-7-4-3-5-8-21)27-16-20-10-12-25(29-2)24(15-20)22-11-13-26(28-17-22)31-18-23-9-6-14-30-23/h3-5,7-8,10-13,15,17,19,23,27H,6,9,14,16,18H2,1-2H3. The number of benzene rings is 2. The van der Waals surface area contributed by atoms with Crippen LogP contribution in [0.15, 0.2) is 66.9 Å². The maximum absolute atomic E-state index is 5.79. The van der Waals surface area contributed by atoms with Gasteiger partial charge in [-0.05, 0) is 49.1 Å². The van der Waals surface area contributed by atoms with Gasteiger partial charge in [-0.25, -0.2) is 4.98 Å². The fraction of sp³-hybridized carbons (Fsp3) is 0.346. The van der Waals surface area contributed by atoms with Gasteiger partial charge in [-0.1, -0.05) is 36.4 Å². The monoisotopic (exact) mass is 418 g/mol. The number of aromatic nitrogens is 1. The van der Waals surface area contributed by atoms with E-state index in [0.717, 1.165) is 42.9 Å². The van der Waals surface area contributed by atoms with Crippen LogP contribution in [0.4, 0.5) is 0 Å². The second-order valence-electron chi connectivity index (χ2n) is 7.88. The van der Waals surface area contributed by atoms with E-state index in [1.165, 1.54) is 11.1 Å². The maximum Gasteiger partial charge on any atom is 0.213 e. The lowest BCUT2D eigenvalue weighted by Gasteiger charge is -2.16. The summed E-state index contributed by atoms with van der Waals surface area (Å²) in [4.78, 5) is 4.49. The number of ether oxygens (including phenoxy) is 3. The molecule has 0 spiro atoms. The number of nitrogens with one attached hydrogen (secondary N) is 1. The third-order valence-corrected chi connectivity index (χ3v) is 5.66. The van der Waals surface area contributed by atoms with Crippen molar-refractivity contribution in [3.8, 4) is 22.8 Å². The fourth-order valence-electron chi connectivity index (χ4n) is 3.80. The van der Waals surface area contributed by atoms with Crippen molar-refractivity contribution in [2.75, 3.05) is 20.3 Å². The predicted octanol–water partition coefficient (Wildman–Crippen LogP) is 5.17. The van der Waals surface area contributed by atoms with Crippen molar-refractivity contribution in [3.63, 3.8) is 0 Å². The van der Waals surface area contributed by atoms with Crippen LogP contribution < -0.4 is 14.8 Å². The van der Waals surface area contributed by atoms with Gasteiger partial charge in [0.15, 0.2) is 0 Å². The highest BCUT2D eigenvalue weighted by molar-refractivity contribution is 5.70. The van der Waals surface area contributed by atoms with Gasteiger partial charge in [0.1, 0.15) is 12.4 Å². The molecule has 5 heteroatoms. The lowest BCUT2D eigenvalue weighted by atomic mass is 10.0. The summed E-state index contributed by atoms with van der Waals surface area (Å²) in [5.41, 5.74) is 4.49. The number of rotatable bonds is 9. The fourth-order valence-corrected chi connectivity index (χ4v) is 3.80. The SMILES string of the molecule is COc1ccc(CNC(C)c2ccccc2)cc1-c1ccc(OCC2CCCO2)nc1. The molecule has 0 saturated carbocycles. The minimum absolute atomic E-state index is 0.184. The van der Waals surface area contributed by atoms with Gasteiger partial charge in [0.25, 0.3) is 0 Å². The molecular weight excluding hydrogens is 388 g/mol. The first-order valence-electron chi connectivity index (χ1n) is 10.9. The van der Waals surface area contributed by atoms with Crippen molar-refractivity contribution in [2.45, 2.75) is 38.5 Å². The highest BCUT2D eigenvalue weighted by Gasteiger charge is 2.16. The molecule has 2 atom stereocenters. The van der Waals surface area contributed by atoms with Crippen LogP contribution in [0.2, 0.25) is 0 Å². The zero-order valence-electron chi connectivity index (χ0n) is 18.2. The van der Waals surface area contributed by atoms with Gasteiger partial charge in [0.2, 0.25) is 5.88 Å². The topological polar surface area (TPSA) is 52.6 Å². The summed E-state index contributed by atoms with van der Waals surface area (Å²) in [6, 6.07) is 20.9. The Morgan fingerprint density at radius 2 is 2.00 bits per heavy atom. The van der Waals surface area contributed by atoms with Crippen molar-refractivity contribution in [2.24, 2.45) is 0 Å². The van der Waals surface area contributed by atoms with Crippen molar-refractivity contribution in [1.29, 1.82) is 0 Å². The van der Waals surface area contributed by atoms with Gasteiger partial charge >= 0.3 is 0 Å². The van der Waals surface area contributed by atoms with Gasteiger partial charge in [-0.15, -0.1) is 0 Å². The molecular formula is C26H30N2O3. The van der Waals surface area contributed by atoms with Crippen LogP contribution in [0.5, 0.6) is 11.6 Å². The first-order valence-corrected chi connectivity index (χ1v) is 10.9. The van der Waals surface area contributed by atoms with E-state index in [9.17, 15) is 0 Å². The third kappa shape index (κ3) is 5.63. The number of pyridine rings is 1. The third-order valence-electron chi connectivity index (χ3n) is 5.66. The van der Waals surface area contributed by atoms with Crippen molar-refractivity contribution in [1.82, 2.24) is 10.3 Å². The Morgan fingerprint density at radius 3 is 2.71 bits per heavy atom. The van der Waals surface area contributed by atoms with Crippen LogP contribution in [0, 0.1) is 0 Å². The molecule has 3 aromatic rings. The van der Waals surface area contributed by atoms with Gasteiger partial charge < -0.3 is 19.5 Å². The second-order valence-corrected chi connectivity index (χ2v) is 7.88. The highest BCUT2D eigenvalue weighted by Crippen LogP contribution is 2.31. The molecule has 4 rings (SSSR count). The molecule has 1 aliphatic heterocycles. The number of hydrogen-bond donors (Lipinski definition) is 1. The van der Waals surface area contributed by atoms with Crippen LogP contribution in [0.3, 0.4) is 0 Å². The summed E-state index contributed by atoms with van der Waals surface area (Å²) < 4.78 is 17.0. The summed E-state index contributed by atoms with van der Waals surface area (Å²) in [5, 5.41) is 3.60. The molecule has 1 aromatic heterocycles. The molecule has 2 aromatic carbocycles. The molecule has 0 radical (unpaired) electrons. The Labute approximate surface area is 184 Å². The quantitative estimate of drug-likeness (QED) is 0.520. The van der Waals surface area contributed by atoms with E-state index in [1.807, 2.05) is 30.5 Å². The molecule has 0 aliphatic carbocycles. The molecule has 1 aliphatic rings. The summed E-state index contributed by atoms with van der Waals surface area (Å²) in [7, 11) is 1.70. The van der Waals surface area contributed by atoms with Crippen LogP contribution in [0.25, 0.3) is 11.1 Å². The normalized spacial score (nSPS) is 16.8. The van der Waals surface area contributed by atoms with Crippen LogP contribution in [-0.4, -0.2) is 31.4 Å². The van der Waals surface area contributed by atoms with Gasteiger partial charge in [-0.2, -0.15) is 0 Å². The van der Waals surface area contributed by atoms with Crippen molar-refractivity contribution in [3.05, 3.63) is 78.0 Å². The second kappa shape index (κ2) is 10.4. The number of hydrogen-bond acceptors (Lipinski definition) is 5. The Morgan fingerprint density at radius 1 is 1.13 bits per heavy atom. The van der Waals surface area contributed by atoms with Gasteiger partial charge in [0, 0.05) is 42.6 Å². The largest absolute Gasteiger partial charge is 0.496 e. The summed E-state index contributed by atoms with van der Waals surface area (Å²) in [5.74, 6) is 1.45. The molecule has 2 unspecified atom stereocenters. The van der Waals surface area contributed by atoms with Crippen LogP contribution in [-0.2, 0) is 11.3 Å². The minimum Gasteiger partial charge on any atom is -0.496 e. The smallest absolute Gasteiger partial charge is 0.213 e. The van der Waals surface area contributed by atoms with Gasteiger partial charge in [-0.3, -0.25) is 0 Å². The van der Waals surface area contributed by atoms with Crippen molar-refractivity contribution < 1.29 is 14.2 Å².